The summed E-state index contributed by atoms with van der Waals surface area (Å²) in [5.41, 5.74) is -1.16. The molecule has 1 fully saturated rings. The van der Waals surface area contributed by atoms with E-state index in [9.17, 15) is 14.7 Å². The largest absolute Gasteiger partial charge is 0.394 e. The number of aromatic nitrogens is 2. The first kappa shape index (κ1) is 14.7. The Morgan fingerprint density at radius 1 is 1.58 bits per heavy atom. The molecule has 3 N–H and O–H groups in total. The molecule has 0 saturated carbocycles. The van der Waals surface area contributed by atoms with E-state index in [0.717, 1.165) is 4.57 Å². The van der Waals surface area contributed by atoms with Gasteiger partial charge in [0.2, 0.25) is 0 Å². The summed E-state index contributed by atoms with van der Waals surface area (Å²) in [5.74, 6) is 0. The van der Waals surface area contributed by atoms with Gasteiger partial charge in [0.25, 0.3) is 5.56 Å². The van der Waals surface area contributed by atoms with Crippen molar-refractivity contribution in [3.05, 3.63) is 30.6 Å². The summed E-state index contributed by atoms with van der Waals surface area (Å²) < 4.78 is 11.9. The van der Waals surface area contributed by atoms with Crippen LogP contribution in [0, 0.1) is 3.57 Å². The maximum Gasteiger partial charge on any atom is 0.330 e. The van der Waals surface area contributed by atoms with Gasteiger partial charge in [-0.05, 0) is 22.6 Å². The molecule has 2 rings (SSSR count). The van der Waals surface area contributed by atoms with Crippen LogP contribution in [-0.4, -0.2) is 51.8 Å². The Hall–Kier alpha value is -0.750. The fourth-order valence-electron chi connectivity index (χ4n) is 2.00. The van der Waals surface area contributed by atoms with Crippen LogP contribution in [0.2, 0.25) is 0 Å². The highest BCUT2D eigenvalue weighted by Crippen LogP contribution is 2.30. The maximum atomic E-state index is 11.8. The molecule has 4 atom stereocenters. The average molecular weight is 384 g/mol. The molecule has 1 saturated heterocycles. The molecular formula is C10H13IN2O6. The number of hydrogen-bond acceptors (Lipinski definition) is 6. The zero-order chi connectivity index (χ0) is 14.2. The molecule has 1 aromatic heterocycles. The van der Waals surface area contributed by atoms with Gasteiger partial charge in [-0.25, -0.2) is 4.79 Å². The van der Waals surface area contributed by atoms with Gasteiger partial charge in [-0.1, -0.05) is 0 Å². The molecule has 19 heavy (non-hydrogen) atoms. The number of hydrogen-bond donors (Lipinski definition) is 3. The lowest BCUT2D eigenvalue weighted by Crippen LogP contribution is -2.39. The van der Waals surface area contributed by atoms with Crippen LogP contribution in [0.25, 0.3) is 0 Å². The van der Waals surface area contributed by atoms with Crippen molar-refractivity contribution >= 4 is 22.6 Å². The molecule has 0 unspecified atom stereocenters. The van der Waals surface area contributed by atoms with Crippen molar-refractivity contribution in [1.82, 2.24) is 9.55 Å². The second kappa shape index (κ2) is 5.71. The van der Waals surface area contributed by atoms with Crippen molar-refractivity contribution in [2.45, 2.75) is 24.5 Å². The van der Waals surface area contributed by atoms with Crippen molar-refractivity contribution < 1.29 is 19.7 Å². The van der Waals surface area contributed by atoms with E-state index in [2.05, 4.69) is 4.98 Å². The lowest BCUT2D eigenvalue weighted by molar-refractivity contribution is -0.0626. The molecule has 2 heterocycles. The summed E-state index contributed by atoms with van der Waals surface area (Å²) >= 11 is 1.78. The number of aliphatic hydroxyl groups is 2. The molecule has 0 aliphatic carbocycles. The van der Waals surface area contributed by atoms with Gasteiger partial charge in [-0.3, -0.25) is 14.3 Å². The van der Waals surface area contributed by atoms with Gasteiger partial charge in [-0.2, -0.15) is 0 Å². The van der Waals surface area contributed by atoms with E-state index in [4.69, 9.17) is 14.6 Å². The van der Waals surface area contributed by atoms with Crippen molar-refractivity contribution in [3.63, 3.8) is 0 Å². The standard InChI is InChI=1S/C10H13IN2O6/c1-18-7-6(15)5(3-14)19-9(7)13-2-4(11)8(16)12-10(13)17/h2,5-7,9,14-15H,3H2,1H3,(H,12,16,17)/t5-,6-,7-,9-/m1/s1. The number of nitrogens with one attached hydrogen (secondary N) is 1. The normalized spacial score (nSPS) is 30.7. The molecule has 106 valence electrons. The van der Waals surface area contributed by atoms with Crippen LogP contribution in [0.5, 0.6) is 0 Å². The van der Waals surface area contributed by atoms with E-state index in [1.807, 2.05) is 0 Å². The Bertz CT molecular complexity index is 570. The first-order valence-corrected chi connectivity index (χ1v) is 6.55. The van der Waals surface area contributed by atoms with E-state index >= 15 is 0 Å². The van der Waals surface area contributed by atoms with Gasteiger partial charge in [0.05, 0.1) is 10.2 Å². The molecule has 0 spiro atoms. The highest BCUT2D eigenvalue weighted by atomic mass is 127. The van der Waals surface area contributed by atoms with E-state index in [1.165, 1.54) is 13.3 Å². The summed E-state index contributed by atoms with van der Waals surface area (Å²) in [6, 6.07) is 0. The van der Waals surface area contributed by atoms with Gasteiger partial charge in [0.15, 0.2) is 6.23 Å². The van der Waals surface area contributed by atoms with Gasteiger partial charge in [0.1, 0.15) is 18.3 Å². The zero-order valence-corrected chi connectivity index (χ0v) is 12.1. The second-order valence-electron chi connectivity index (χ2n) is 4.08. The molecule has 8 nitrogen and oxygen atoms in total. The average Bonchev–Trinajstić information content (AvgIpc) is 2.70. The Morgan fingerprint density at radius 3 is 2.84 bits per heavy atom. The van der Waals surface area contributed by atoms with Crippen LogP contribution in [0.1, 0.15) is 6.23 Å². The first-order valence-electron chi connectivity index (χ1n) is 5.47. The van der Waals surface area contributed by atoms with E-state index < -0.39 is 42.4 Å². The highest BCUT2D eigenvalue weighted by molar-refractivity contribution is 14.1. The van der Waals surface area contributed by atoms with Crippen LogP contribution in [-0.2, 0) is 9.47 Å². The molecule has 0 aromatic carbocycles. The fourth-order valence-corrected chi connectivity index (χ4v) is 2.43. The molecule has 0 bridgehead atoms. The van der Waals surface area contributed by atoms with Gasteiger partial charge in [-0.15, -0.1) is 0 Å². The predicted octanol–water partition coefficient (Wildman–Crippen LogP) is -1.59. The molecule has 0 radical (unpaired) electrons. The number of rotatable bonds is 3. The third-order valence-electron chi connectivity index (χ3n) is 2.96. The van der Waals surface area contributed by atoms with Gasteiger partial charge < -0.3 is 19.7 Å². The van der Waals surface area contributed by atoms with Crippen molar-refractivity contribution in [2.24, 2.45) is 0 Å². The Labute approximate surface area is 121 Å². The molecule has 1 aliphatic rings. The Morgan fingerprint density at radius 2 is 2.26 bits per heavy atom. The van der Waals surface area contributed by atoms with E-state index in [-0.39, 0.29) is 0 Å². The number of halogens is 1. The summed E-state index contributed by atoms with van der Waals surface area (Å²) in [6.45, 7) is -0.396. The SMILES string of the molecule is CO[C@@H]1[C@H](O)[C@@H](CO)O[C@H]1n1cc(I)c(=O)[nH]c1=O. The maximum absolute atomic E-state index is 11.8. The number of aromatic amines is 1. The molecule has 9 heteroatoms. The van der Waals surface area contributed by atoms with Crippen LogP contribution < -0.4 is 11.2 Å². The number of aliphatic hydroxyl groups excluding tert-OH is 2. The molecule has 1 aromatic rings. The van der Waals surface area contributed by atoms with Crippen molar-refractivity contribution in [1.29, 1.82) is 0 Å². The Balaban J connectivity index is 2.44. The summed E-state index contributed by atoms with van der Waals surface area (Å²) in [5, 5.41) is 19.0. The minimum Gasteiger partial charge on any atom is -0.394 e. The minimum atomic E-state index is -1.06. The minimum absolute atomic E-state index is 0.303. The smallest absolute Gasteiger partial charge is 0.330 e. The third kappa shape index (κ3) is 2.60. The molecule has 0 amide bonds. The summed E-state index contributed by atoms with van der Waals surface area (Å²) in [6.07, 6.45) is -2.29. The van der Waals surface area contributed by atoms with E-state index in [1.54, 1.807) is 22.6 Å². The fraction of sp³-hybridized carbons (Fsp3) is 0.600. The van der Waals surface area contributed by atoms with Crippen molar-refractivity contribution in [2.75, 3.05) is 13.7 Å². The topological polar surface area (TPSA) is 114 Å². The van der Waals surface area contributed by atoms with Gasteiger partial charge in [0, 0.05) is 13.3 Å². The molecular weight excluding hydrogens is 371 g/mol. The number of nitrogens with zero attached hydrogens (tertiary/aromatic N) is 1. The lowest BCUT2D eigenvalue weighted by atomic mass is 10.1. The van der Waals surface area contributed by atoms with Crippen LogP contribution in [0.15, 0.2) is 15.8 Å². The molecule has 1 aliphatic heterocycles. The summed E-state index contributed by atoms with van der Waals surface area (Å²) in [7, 11) is 1.37. The third-order valence-corrected chi connectivity index (χ3v) is 3.73. The number of H-pyrrole nitrogens is 1. The number of methoxy groups -OCH3 is 1. The second-order valence-corrected chi connectivity index (χ2v) is 5.24. The highest BCUT2D eigenvalue weighted by Gasteiger charge is 2.45. The lowest BCUT2D eigenvalue weighted by Gasteiger charge is -2.20. The Kier molecular flexibility index (Phi) is 4.40. The number of ether oxygens (including phenoxy) is 2. The van der Waals surface area contributed by atoms with Crippen molar-refractivity contribution in [3.8, 4) is 0 Å². The predicted molar refractivity (Wildman–Crippen MR) is 71.8 cm³/mol. The monoisotopic (exact) mass is 384 g/mol. The van der Waals surface area contributed by atoms with Crippen LogP contribution >= 0.6 is 22.6 Å². The van der Waals surface area contributed by atoms with Crippen LogP contribution in [0.3, 0.4) is 0 Å². The van der Waals surface area contributed by atoms with Crippen LogP contribution in [0.4, 0.5) is 0 Å². The quantitative estimate of drug-likeness (QED) is 0.542. The summed E-state index contributed by atoms with van der Waals surface area (Å²) in [4.78, 5) is 25.2. The van der Waals surface area contributed by atoms with Gasteiger partial charge >= 0.3 is 5.69 Å². The van der Waals surface area contributed by atoms with E-state index in [0.29, 0.717) is 3.57 Å². The first-order chi connectivity index (χ1) is 8.99. The zero-order valence-electron chi connectivity index (χ0n) is 9.95.